The summed E-state index contributed by atoms with van der Waals surface area (Å²) in [6.07, 6.45) is 1.37. The number of sulfonamides is 1. The topological polar surface area (TPSA) is 99.2 Å². The van der Waals surface area contributed by atoms with Gasteiger partial charge in [-0.3, -0.25) is 9.69 Å². The van der Waals surface area contributed by atoms with E-state index in [0.717, 1.165) is 35.9 Å². The lowest BCUT2D eigenvalue weighted by atomic mass is 10.0. The number of nitrogens with one attached hydrogen (secondary N) is 1. The molecule has 2 aliphatic heterocycles. The fourth-order valence-corrected chi connectivity index (χ4v) is 4.92. The summed E-state index contributed by atoms with van der Waals surface area (Å²) in [5.74, 6) is 0.555. The van der Waals surface area contributed by atoms with Gasteiger partial charge < -0.3 is 14.7 Å². The van der Waals surface area contributed by atoms with E-state index in [1.807, 2.05) is 36.4 Å². The summed E-state index contributed by atoms with van der Waals surface area (Å²) in [7, 11) is -1.48. The van der Waals surface area contributed by atoms with Crippen LogP contribution < -0.4 is 9.46 Å². The first-order valence-electron chi connectivity index (χ1n) is 11.1. The Labute approximate surface area is 195 Å². The molecule has 2 N–H and O–H groups in total. The van der Waals surface area contributed by atoms with Crippen LogP contribution in [0.2, 0.25) is 0 Å². The van der Waals surface area contributed by atoms with Crippen molar-refractivity contribution < 1.29 is 23.1 Å². The number of rotatable bonds is 8. The number of likely N-dealkylation sites (tertiary alicyclic amines) is 1. The number of ether oxygens (including phenoxy) is 1. The Morgan fingerprint density at radius 1 is 1.27 bits per heavy atom. The predicted molar refractivity (Wildman–Crippen MR) is 125 cm³/mol. The molecule has 0 aromatic heterocycles. The van der Waals surface area contributed by atoms with Crippen LogP contribution in [0, 0.1) is 0 Å². The van der Waals surface area contributed by atoms with E-state index >= 15 is 0 Å². The van der Waals surface area contributed by atoms with E-state index in [2.05, 4.69) is 9.62 Å². The zero-order valence-electron chi connectivity index (χ0n) is 19.0. The van der Waals surface area contributed by atoms with E-state index < -0.39 is 16.1 Å². The number of hydrogen-bond acceptors (Lipinski definition) is 6. The Balaban J connectivity index is 1.46. The summed E-state index contributed by atoms with van der Waals surface area (Å²) in [4.78, 5) is 17.4. The van der Waals surface area contributed by atoms with Crippen molar-refractivity contribution in [3.05, 3.63) is 65.2 Å². The largest absolute Gasteiger partial charge is 0.480 e. The molecule has 0 aliphatic carbocycles. The molecule has 2 aromatic rings. The molecule has 2 aromatic carbocycles. The lowest BCUT2D eigenvalue weighted by molar-refractivity contribution is -0.139. The number of nitrogens with zero attached hydrogens (tertiary/aromatic N) is 2. The Kier molecular flexibility index (Phi) is 7.04. The molecule has 3 atom stereocenters. The number of carbonyl (C=O) groups is 1. The van der Waals surface area contributed by atoms with Crippen molar-refractivity contribution in [2.75, 3.05) is 32.9 Å². The van der Waals surface area contributed by atoms with Crippen molar-refractivity contribution in [2.24, 2.45) is 0 Å². The standard InChI is InChI=1S/C24H31N3O5S/c1-26(21(18-6-4-3-5-7-18)16-27-11-10-20(28)15-27)24(29)23-13-19-12-17(8-9-22(19)32-23)14-25-33(2,30)31/h3-9,12,20-21,23,25,28H,10-11,13-16H2,1-2H3. The molecule has 1 saturated heterocycles. The monoisotopic (exact) mass is 473 g/mol. The second-order valence-electron chi connectivity index (χ2n) is 8.92. The Morgan fingerprint density at radius 2 is 2.03 bits per heavy atom. The highest BCUT2D eigenvalue weighted by Crippen LogP contribution is 2.32. The van der Waals surface area contributed by atoms with Gasteiger partial charge in [-0.2, -0.15) is 0 Å². The number of hydrogen-bond donors (Lipinski definition) is 2. The van der Waals surface area contributed by atoms with Gasteiger partial charge in [-0.05, 0) is 29.2 Å². The highest BCUT2D eigenvalue weighted by Gasteiger charge is 2.35. The van der Waals surface area contributed by atoms with Crippen LogP contribution in [-0.4, -0.2) is 74.4 Å². The fraction of sp³-hybridized carbons (Fsp3) is 0.458. The SMILES string of the molecule is CN(C(=O)C1Cc2cc(CNS(C)(=O)=O)ccc2O1)C(CN1CCC(O)C1)c1ccccc1. The summed E-state index contributed by atoms with van der Waals surface area (Å²) in [6.45, 7) is 2.26. The van der Waals surface area contributed by atoms with Gasteiger partial charge in [0.1, 0.15) is 5.75 Å². The van der Waals surface area contributed by atoms with E-state index in [1.165, 1.54) is 0 Å². The molecule has 33 heavy (non-hydrogen) atoms. The maximum absolute atomic E-state index is 13.5. The maximum Gasteiger partial charge on any atom is 0.264 e. The van der Waals surface area contributed by atoms with E-state index in [4.69, 9.17) is 4.74 Å². The maximum atomic E-state index is 13.5. The normalized spacial score (nSPS) is 21.4. The van der Waals surface area contributed by atoms with Crippen molar-refractivity contribution in [2.45, 2.75) is 37.6 Å². The zero-order chi connectivity index (χ0) is 23.6. The number of aliphatic hydroxyl groups excluding tert-OH is 1. The lowest BCUT2D eigenvalue weighted by Gasteiger charge is -2.33. The summed E-state index contributed by atoms with van der Waals surface area (Å²) in [5.41, 5.74) is 2.76. The molecular weight excluding hydrogens is 442 g/mol. The van der Waals surface area contributed by atoms with Crippen molar-refractivity contribution >= 4 is 15.9 Å². The van der Waals surface area contributed by atoms with Gasteiger partial charge in [0.25, 0.3) is 5.91 Å². The van der Waals surface area contributed by atoms with Crippen molar-refractivity contribution in [1.82, 2.24) is 14.5 Å². The molecule has 2 heterocycles. The smallest absolute Gasteiger partial charge is 0.264 e. The van der Waals surface area contributed by atoms with Gasteiger partial charge in [0, 0.05) is 39.6 Å². The number of benzene rings is 2. The molecular formula is C24H31N3O5S. The van der Waals surface area contributed by atoms with Crippen LogP contribution in [0.3, 0.4) is 0 Å². The highest BCUT2D eigenvalue weighted by atomic mass is 32.2. The fourth-order valence-electron chi connectivity index (χ4n) is 4.49. The quantitative estimate of drug-likeness (QED) is 0.600. The molecule has 1 fully saturated rings. The van der Waals surface area contributed by atoms with Gasteiger partial charge in [0.05, 0.1) is 18.4 Å². The Hall–Kier alpha value is -2.46. The lowest BCUT2D eigenvalue weighted by Crippen LogP contribution is -2.44. The number of amides is 1. The van der Waals surface area contributed by atoms with Crippen molar-refractivity contribution in [1.29, 1.82) is 0 Å². The minimum atomic E-state index is -3.28. The van der Waals surface area contributed by atoms with Crippen molar-refractivity contribution in [3.63, 3.8) is 0 Å². The molecule has 0 bridgehead atoms. The van der Waals surface area contributed by atoms with Gasteiger partial charge in [-0.15, -0.1) is 0 Å². The summed E-state index contributed by atoms with van der Waals surface area (Å²) < 4.78 is 31.2. The molecule has 9 heteroatoms. The minimum Gasteiger partial charge on any atom is -0.480 e. The average molecular weight is 474 g/mol. The van der Waals surface area contributed by atoms with Crippen LogP contribution in [-0.2, 0) is 27.8 Å². The molecule has 4 rings (SSSR count). The third kappa shape index (κ3) is 5.92. The molecule has 0 radical (unpaired) electrons. The summed E-state index contributed by atoms with van der Waals surface area (Å²) >= 11 is 0. The van der Waals surface area contributed by atoms with Crippen LogP contribution in [0.5, 0.6) is 5.75 Å². The number of aliphatic hydroxyl groups is 1. The highest BCUT2D eigenvalue weighted by molar-refractivity contribution is 7.88. The Morgan fingerprint density at radius 3 is 2.70 bits per heavy atom. The van der Waals surface area contributed by atoms with Crippen LogP contribution >= 0.6 is 0 Å². The molecule has 8 nitrogen and oxygen atoms in total. The molecule has 2 aliphatic rings. The molecule has 178 valence electrons. The van der Waals surface area contributed by atoms with Gasteiger partial charge in [0.2, 0.25) is 10.0 Å². The predicted octanol–water partition coefficient (Wildman–Crippen LogP) is 1.31. The third-order valence-electron chi connectivity index (χ3n) is 6.29. The first kappa shape index (κ1) is 23.7. The second kappa shape index (κ2) is 9.80. The number of β-amino-alcohol motifs (C(OH)–C–C–N with tert-alkyl or cyclic N) is 1. The van der Waals surface area contributed by atoms with E-state index in [1.54, 1.807) is 24.1 Å². The summed E-state index contributed by atoms with van der Waals surface area (Å²) in [6, 6.07) is 15.3. The first-order chi connectivity index (χ1) is 15.7. The second-order valence-corrected chi connectivity index (χ2v) is 10.8. The number of carbonyl (C=O) groups excluding carboxylic acids is 1. The van der Waals surface area contributed by atoms with Crippen LogP contribution in [0.15, 0.2) is 48.5 Å². The average Bonchev–Trinajstić information content (AvgIpc) is 3.40. The summed E-state index contributed by atoms with van der Waals surface area (Å²) in [5, 5.41) is 9.93. The van der Waals surface area contributed by atoms with E-state index in [0.29, 0.717) is 25.3 Å². The molecule has 0 saturated carbocycles. The first-order valence-corrected chi connectivity index (χ1v) is 13.0. The van der Waals surface area contributed by atoms with Crippen LogP contribution in [0.4, 0.5) is 0 Å². The van der Waals surface area contributed by atoms with E-state index in [9.17, 15) is 18.3 Å². The van der Waals surface area contributed by atoms with Gasteiger partial charge >= 0.3 is 0 Å². The van der Waals surface area contributed by atoms with Crippen molar-refractivity contribution in [3.8, 4) is 5.75 Å². The van der Waals surface area contributed by atoms with E-state index in [-0.39, 0.29) is 24.6 Å². The number of likely N-dealkylation sites (N-methyl/N-ethyl adjacent to an activating group) is 1. The van der Waals surface area contributed by atoms with Gasteiger partial charge in [0.15, 0.2) is 6.10 Å². The molecule has 0 spiro atoms. The Bertz CT molecular complexity index is 1090. The van der Waals surface area contributed by atoms with Crippen LogP contribution in [0.1, 0.15) is 29.2 Å². The third-order valence-corrected chi connectivity index (χ3v) is 6.96. The zero-order valence-corrected chi connectivity index (χ0v) is 19.8. The molecule has 1 amide bonds. The van der Waals surface area contributed by atoms with Gasteiger partial charge in [-0.25, -0.2) is 13.1 Å². The van der Waals surface area contributed by atoms with Crippen LogP contribution in [0.25, 0.3) is 0 Å². The van der Waals surface area contributed by atoms with Gasteiger partial charge in [-0.1, -0.05) is 42.5 Å². The minimum absolute atomic E-state index is 0.101. The molecule has 3 unspecified atom stereocenters. The number of fused-ring (bicyclic) bond motifs is 1.